The molecular formula is C17H20O3. The van der Waals surface area contributed by atoms with Gasteiger partial charge in [0, 0.05) is 5.56 Å². The Kier molecular flexibility index (Phi) is 5.02. The molecule has 0 spiro atoms. The first-order valence-electron chi connectivity index (χ1n) is 6.78. The number of hydrogen-bond acceptors (Lipinski definition) is 3. The van der Waals surface area contributed by atoms with E-state index in [0.717, 1.165) is 11.1 Å². The van der Waals surface area contributed by atoms with Crippen LogP contribution in [-0.2, 0) is 13.2 Å². The average molecular weight is 272 g/mol. The molecule has 3 heteroatoms. The molecule has 0 unspecified atom stereocenters. The van der Waals surface area contributed by atoms with E-state index in [0.29, 0.717) is 24.7 Å². The average Bonchev–Trinajstić information content (AvgIpc) is 2.47. The van der Waals surface area contributed by atoms with Crippen LogP contribution in [0, 0.1) is 6.92 Å². The molecule has 0 aliphatic rings. The maximum absolute atomic E-state index is 9.41. The van der Waals surface area contributed by atoms with Crippen molar-refractivity contribution in [1.82, 2.24) is 0 Å². The Labute approximate surface area is 119 Å². The van der Waals surface area contributed by atoms with Gasteiger partial charge in [0.15, 0.2) is 11.5 Å². The van der Waals surface area contributed by atoms with Crippen LogP contribution in [0.25, 0.3) is 0 Å². The zero-order valence-corrected chi connectivity index (χ0v) is 11.9. The fourth-order valence-corrected chi connectivity index (χ4v) is 1.96. The molecule has 1 N–H and O–H groups in total. The van der Waals surface area contributed by atoms with Crippen molar-refractivity contribution < 1.29 is 14.6 Å². The predicted octanol–water partition coefficient (Wildman–Crippen LogP) is 3.47. The van der Waals surface area contributed by atoms with Gasteiger partial charge in [-0.2, -0.15) is 0 Å². The van der Waals surface area contributed by atoms with Crippen LogP contribution in [0.1, 0.15) is 23.6 Å². The second kappa shape index (κ2) is 6.96. The quantitative estimate of drug-likeness (QED) is 0.875. The SMILES string of the molecule is CCOc1cccc(CO)c1OCc1ccc(C)cc1. The Balaban J connectivity index is 2.16. The molecule has 0 saturated heterocycles. The van der Waals surface area contributed by atoms with Crippen molar-refractivity contribution in [1.29, 1.82) is 0 Å². The van der Waals surface area contributed by atoms with Gasteiger partial charge in [-0.25, -0.2) is 0 Å². The minimum absolute atomic E-state index is 0.0653. The Bertz CT molecular complexity index is 547. The lowest BCUT2D eigenvalue weighted by molar-refractivity contribution is 0.243. The minimum atomic E-state index is -0.0653. The number of aliphatic hydroxyl groups excluding tert-OH is 1. The summed E-state index contributed by atoms with van der Waals surface area (Å²) in [5.41, 5.74) is 3.05. The molecule has 0 amide bonds. The number of para-hydroxylation sites is 1. The monoisotopic (exact) mass is 272 g/mol. The fourth-order valence-electron chi connectivity index (χ4n) is 1.96. The predicted molar refractivity (Wildman–Crippen MR) is 79.0 cm³/mol. The lowest BCUT2D eigenvalue weighted by atomic mass is 10.1. The highest BCUT2D eigenvalue weighted by Gasteiger charge is 2.10. The van der Waals surface area contributed by atoms with Crippen LogP contribution in [0.3, 0.4) is 0 Å². The maximum Gasteiger partial charge on any atom is 0.167 e. The van der Waals surface area contributed by atoms with Crippen LogP contribution in [0.4, 0.5) is 0 Å². The van der Waals surface area contributed by atoms with Gasteiger partial charge in [0.2, 0.25) is 0 Å². The first-order chi connectivity index (χ1) is 9.74. The molecule has 2 rings (SSSR count). The molecule has 0 fully saturated rings. The molecule has 0 saturated carbocycles. The van der Waals surface area contributed by atoms with Gasteiger partial charge in [-0.15, -0.1) is 0 Å². The molecule has 0 atom stereocenters. The highest BCUT2D eigenvalue weighted by Crippen LogP contribution is 2.32. The zero-order chi connectivity index (χ0) is 14.4. The summed E-state index contributed by atoms with van der Waals surface area (Å²) in [6.45, 7) is 4.94. The summed E-state index contributed by atoms with van der Waals surface area (Å²) >= 11 is 0. The lowest BCUT2D eigenvalue weighted by Crippen LogP contribution is -2.02. The van der Waals surface area contributed by atoms with Crippen LogP contribution in [-0.4, -0.2) is 11.7 Å². The van der Waals surface area contributed by atoms with Gasteiger partial charge in [-0.3, -0.25) is 0 Å². The Morgan fingerprint density at radius 1 is 1.00 bits per heavy atom. The zero-order valence-electron chi connectivity index (χ0n) is 11.9. The number of aryl methyl sites for hydroxylation is 1. The van der Waals surface area contributed by atoms with E-state index in [9.17, 15) is 5.11 Å². The summed E-state index contributed by atoms with van der Waals surface area (Å²) in [5, 5.41) is 9.41. The van der Waals surface area contributed by atoms with Gasteiger partial charge in [0.25, 0.3) is 0 Å². The molecule has 0 heterocycles. The van der Waals surface area contributed by atoms with Crippen molar-refractivity contribution in [2.75, 3.05) is 6.61 Å². The van der Waals surface area contributed by atoms with Gasteiger partial charge in [0.05, 0.1) is 13.2 Å². The molecular weight excluding hydrogens is 252 g/mol. The summed E-state index contributed by atoms with van der Waals surface area (Å²) in [6, 6.07) is 13.7. The third kappa shape index (κ3) is 3.52. The normalized spacial score (nSPS) is 10.3. The highest BCUT2D eigenvalue weighted by molar-refractivity contribution is 5.46. The summed E-state index contributed by atoms with van der Waals surface area (Å²) in [4.78, 5) is 0. The van der Waals surface area contributed by atoms with Gasteiger partial charge < -0.3 is 14.6 Å². The van der Waals surface area contributed by atoms with Crippen LogP contribution in [0.15, 0.2) is 42.5 Å². The second-order valence-corrected chi connectivity index (χ2v) is 4.61. The molecule has 0 aromatic heterocycles. The third-order valence-electron chi connectivity index (χ3n) is 3.03. The second-order valence-electron chi connectivity index (χ2n) is 4.61. The number of aliphatic hydroxyl groups is 1. The van der Waals surface area contributed by atoms with E-state index in [-0.39, 0.29) is 6.61 Å². The van der Waals surface area contributed by atoms with Crippen molar-refractivity contribution in [3.05, 3.63) is 59.2 Å². The first kappa shape index (κ1) is 14.4. The molecule has 2 aromatic rings. The Hall–Kier alpha value is -2.00. The van der Waals surface area contributed by atoms with Crippen molar-refractivity contribution >= 4 is 0 Å². The van der Waals surface area contributed by atoms with Crippen LogP contribution < -0.4 is 9.47 Å². The van der Waals surface area contributed by atoms with Crippen molar-refractivity contribution in [2.24, 2.45) is 0 Å². The lowest BCUT2D eigenvalue weighted by Gasteiger charge is -2.15. The van der Waals surface area contributed by atoms with E-state index in [2.05, 4.69) is 19.1 Å². The molecule has 106 valence electrons. The van der Waals surface area contributed by atoms with E-state index in [4.69, 9.17) is 9.47 Å². The fraction of sp³-hybridized carbons (Fsp3) is 0.294. The van der Waals surface area contributed by atoms with Crippen LogP contribution in [0.5, 0.6) is 11.5 Å². The van der Waals surface area contributed by atoms with Crippen LogP contribution in [0.2, 0.25) is 0 Å². The standard InChI is InChI=1S/C17H20O3/c1-3-19-16-6-4-5-15(11-18)17(16)20-12-14-9-7-13(2)8-10-14/h4-10,18H,3,11-12H2,1-2H3. The first-order valence-corrected chi connectivity index (χ1v) is 6.78. The Morgan fingerprint density at radius 3 is 2.40 bits per heavy atom. The maximum atomic E-state index is 9.41. The van der Waals surface area contributed by atoms with Gasteiger partial charge in [0.1, 0.15) is 6.61 Å². The van der Waals surface area contributed by atoms with E-state index >= 15 is 0 Å². The van der Waals surface area contributed by atoms with E-state index in [1.165, 1.54) is 5.56 Å². The van der Waals surface area contributed by atoms with Crippen molar-refractivity contribution in [2.45, 2.75) is 27.1 Å². The summed E-state index contributed by atoms with van der Waals surface area (Å²) in [5.74, 6) is 1.29. The Morgan fingerprint density at radius 2 is 1.75 bits per heavy atom. The molecule has 0 radical (unpaired) electrons. The largest absolute Gasteiger partial charge is 0.490 e. The molecule has 3 nitrogen and oxygen atoms in total. The topological polar surface area (TPSA) is 38.7 Å². The van der Waals surface area contributed by atoms with E-state index < -0.39 is 0 Å². The molecule has 2 aromatic carbocycles. The van der Waals surface area contributed by atoms with Gasteiger partial charge >= 0.3 is 0 Å². The number of rotatable bonds is 6. The van der Waals surface area contributed by atoms with Crippen molar-refractivity contribution in [3.8, 4) is 11.5 Å². The van der Waals surface area contributed by atoms with E-state index in [1.54, 1.807) is 0 Å². The summed E-state index contributed by atoms with van der Waals surface area (Å²) in [6.07, 6.45) is 0. The molecule has 0 aliphatic heterocycles. The molecule has 20 heavy (non-hydrogen) atoms. The van der Waals surface area contributed by atoms with E-state index in [1.807, 2.05) is 37.3 Å². The number of benzene rings is 2. The van der Waals surface area contributed by atoms with Crippen LogP contribution >= 0.6 is 0 Å². The summed E-state index contributed by atoms with van der Waals surface area (Å²) < 4.78 is 11.4. The highest BCUT2D eigenvalue weighted by atomic mass is 16.5. The minimum Gasteiger partial charge on any atom is -0.490 e. The number of hydrogen-bond donors (Lipinski definition) is 1. The van der Waals surface area contributed by atoms with Gasteiger partial charge in [-0.1, -0.05) is 42.0 Å². The third-order valence-corrected chi connectivity index (χ3v) is 3.03. The molecule has 0 bridgehead atoms. The smallest absolute Gasteiger partial charge is 0.167 e. The molecule has 0 aliphatic carbocycles. The number of ether oxygens (including phenoxy) is 2. The van der Waals surface area contributed by atoms with Gasteiger partial charge in [-0.05, 0) is 25.5 Å². The van der Waals surface area contributed by atoms with Crippen molar-refractivity contribution in [3.63, 3.8) is 0 Å². The summed E-state index contributed by atoms with van der Waals surface area (Å²) in [7, 11) is 0.